The summed E-state index contributed by atoms with van der Waals surface area (Å²) < 4.78 is 1.90. The summed E-state index contributed by atoms with van der Waals surface area (Å²) in [4.78, 5) is 0. The Bertz CT molecular complexity index is 466. The number of nitrogens with one attached hydrogen (secondary N) is 2. The van der Waals surface area contributed by atoms with Crippen LogP contribution in [-0.4, -0.2) is 28.6 Å². The zero-order chi connectivity index (χ0) is 13.3. The van der Waals surface area contributed by atoms with Gasteiger partial charge in [-0.25, -0.2) is 0 Å². The topological polar surface area (TPSA) is 54.8 Å². The highest BCUT2D eigenvalue weighted by molar-refractivity contribution is 5.14. The number of benzene rings is 1. The van der Waals surface area contributed by atoms with E-state index in [0.29, 0.717) is 0 Å². The molecule has 1 heterocycles. The van der Waals surface area contributed by atoms with E-state index in [1.165, 1.54) is 5.56 Å². The van der Waals surface area contributed by atoms with Gasteiger partial charge < -0.3 is 10.6 Å². The van der Waals surface area contributed by atoms with Gasteiger partial charge in [0.2, 0.25) is 0 Å². The maximum atomic E-state index is 4.09. The standard InChI is InChI=1S/C14H21N5/c1-15-11-14-12-19(18-17-14)9-5-8-16-10-13-6-3-2-4-7-13/h2-4,6-7,12,15-16H,5,8-11H2,1H3. The Morgan fingerprint density at radius 3 is 2.79 bits per heavy atom. The Labute approximate surface area is 114 Å². The van der Waals surface area contributed by atoms with Crippen LogP contribution in [0.5, 0.6) is 0 Å². The molecule has 0 unspecified atom stereocenters. The Hall–Kier alpha value is -1.72. The normalized spacial score (nSPS) is 10.8. The highest BCUT2D eigenvalue weighted by atomic mass is 15.4. The molecule has 5 heteroatoms. The molecule has 2 aromatic rings. The van der Waals surface area contributed by atoms with Crippen LogP contribution in [0.3, 0.4) is 0 Å². The van der Waals surface area contributed by atoms with Crippen LogP contribution in [0.15, 0.2) is 36.5 Å². The third-order valence-corrected chi connectivity index (χ3v) is 2.86. The monoisotopic (exact) mass is 259 g/mol. The molecule has 0 atom stereocenters. The van der Waals surface area contributed by atoms with Gasteiger partial charge in [-0.1, -0.05) is 35.5 Å². The van der Waals surface area contributed by atoms with Crippen molar-refractivity contribution in [1.29, 1.82) is 0 Å². The van der Waals surface area contributed by atoms with Crippen LogP contribution in [0.1, 0.15) is 17.7 Å². The Morgan fingerprint density at radius 1 is 1.16 bits per heavy atom. The molecule has 102 valence electrons. The summed E-state index contributed by atoms with van der Waals surface area (Å²) in [7, 11) is 1.91. The van der Waals surface area contributed by atoms with Crippen LogP contribution in [-0.2, 0) is 19.6 Å². The molecule has 0 aliphatic carbocycles. The molecule has 0 aliphatic rings. The summed E-state index contributed by atoms with van der Waals surface area (Å²) in [5, 5.41) is 14.7. The maximum Gasteiger partial charge on any atom is 0.0964 e. The lowest BCUT2D eigenvalue weighted by Gasteiger charge is -2.04. The van der Waals surface area contributed by atoms with E-state index in [2.05, 4.69) is 45.2 Å². The molecule has 1 aromatic heterocycles. The van der Waals surface area contributed by atoms with Crippen molar-refractivity contribution in [3.8, 4) is 0 Å². The van der Waals surface area contributed by atoms with Crippen molar-refractivity contribution in [3.05, 3.63) is 47.8 Å². The van der Waals surface area contributed by atoms with Gasteiger partial charge in [0.25, 0.3) is 0 Å². The van der Waals surface area contributed by atoms with Crippen LogP contribution < -0.4 is 10.6 Å². The summed E-state index contributed by atoms with van der Waals surface area (Å²) >= 11 is 0. The molecule has 2 N–H and O–H groups in total. The summed E-state index contributed by atoms with van der Waals surface area (Å²) in [6.45, 7) is 3.57. The first kappa shape index (κ1) is 13.7. The molecule has 1 aromatic carbocycles. The number of nitrogens with zero attached hydrogens (tertiary/aromatic N) is 3. The quantitative estimate of drug-likeness (QED) is 0.699. The van der Waals surface area contributed by atoms with Gasteiger partial charge in [0.05, 0.1) is 5.69 Å². The lowest BCUT2D eigenvalue weighted by atomic mass is 10.2. The van der Waals surface area contributed by atoms with Crippen LogP contribution >= 0.6 is 0 Å². The van der Waals surface area contributed by atoms with Crippen LogP contribution in [0, 0.1) is 0 Å². The lowest BCUT2D eigenvalue weighted by Crippen LogP contribution is -2.16. The van der Waals surface area contributed by atoms with Crippen molar-refractivity contribution in [2.45, 2.75) is 26.1 Å². The first-order valence-corrected chi connectivity index (χ1v) is 6.67. The van der Waals surface area contributed by atoms with Gasteiger partial charge in [-0.3, -0.25) is 4.68 Å². The Balaban J connectivity index is 1.61. The molecular formula is C14H21N5. The molecule has 2 rings (SSSR count). The fourth-order valence-electron chi connectivity index (χ4n) is 1.90. The van der Waals surface area contributed by atoms with E-state index < -0.39 is 0 Å². The minimum Gasteiger partial charge on any atom is -0.314 e. The minimum absolute atomic E-state index is 0.770. The van der Waals surface area contributed by atoms with Crippen molar-refractivity contribution in [2.24, 2.45) is 0 Å². The van der Waals surface area contributed by atoms with Crippen molar-refractivity contribution >= 4 is 0 Å². The predicted octanol–water partition coefficient (Wildman–Crippen LogP) is 1.18. The molecular weight excluding hydrogens is 238 g/mol. The second-order valence-electron chi connectivity index (χ2n) is 4.52. The second kappa shape index (κ2) is 7.66. The van der Waals surface area contributed by atoms with Gasteiger partial charge in [0, 0.05) is 25.8 Å². The number of rotatable bonds is 8. The van der Waals surface area contributed by atoms with Gasteiger partial charge >= 0.3 is 0 Å². The number of aryl methyl sites for hydroxylation is 1. The van der Waals surface area contributed by atoms with Crippen LogP contribution in [0.2, 0.25) is 0 Å². The van der Waals surface area contributed by atoms with Gasteiger partial charge in [-0.2, -0.15) is 0 Å². The number of hydrogen-bond acceptors (Lipinski definition) is 4. The zero-order valence-corrected chi connectivity index (χ0v) is 11.3. The van der Waals surface area contributed by atoms with E-state index in [1.54, 1.807) is 0 Å². The van der Waals surface area contributed by atoms with Gasteiger partial charge in [-0.05, 0) is 25.6 Å². The molecule has 19 heavy (non-hydrogen) atoms. The van der Waals surface area contributed by atoms with Gasteiger partial charge in [0.1, 0.15) is 0 Å². The van der Waals surface area contributed by atoms with E-state index >= 15 is 0 Å². The average molecular weight is 259 g/mol. The van der Waals surface area contributed by atoms with Gasteiger partial charge in [0.15, 0.2) is 0 Å². The third-order valence-electron chi connectivity index (χ3n) is 2.86. The van der Waals surface area contributed by atoms with E-state index in [-0.39, 0.29) is 0 Å². The lowest BCUT2D eigenvalue weighted by molar-refractivity contribution is 0.530. The molecule has 0 saturated heterocycles. The van der Waals surface area contributed by atoms with Crippen LogP contribution in [0.25, 0.3) is 0 Å². The molecule has 0 radical (unpaired) electrons. The predicted molar refractivity (Wildman–Crippen MR) is 75.6 cm³/mol. The molecule has 0 fully saturated rings. The summed E-state index contributed by atoms with van der Waals surface area (Å²) in [5.41, 5.74) is 2.30. The first-order chi connectivity index (χ1) is 9.38. The van der Waals surface area contributed by atoms with Crippen molar-refractivity contribution in [1.82, 2.24) is 25.6 Å². The molecule has 5 nitrogen and oxygen atoms in total. The third kappa shape index (κ3) is 4.81. The Morgan fingerprint density at radius 2 is 2.00 bits per heavy atom. The number of hydrogen-bond donors (Lipinski definition) is 2. The smallest absolute Gasteiger partial charge is 0.0964 e. The minimum atomic E-state index is 0.770. The highest BCUT2D eigenvalue weighted by Gasteiger charge is 1.98. The SMILES string of the molecule is CNCc1cn(CCCNCc2ccccc2)nn1. The van der Waals surface area contributed by atoms with E-state index in [9.17, 15) is 0 Å². The van der Waals surface area contributed by atoms with E-state index in [4.69, 9.17) is 0 Å². The maximum absolute atomic E-state index is 4.09. The summed E-state index contributed by atoms with van der Waals surface area (Å²) in [6, 6.07) is 10.4. The van der Waals surface area contributed by atoms with E-state index in [0.717, 1.165) is 38.3 Å². The summed E-state index contributed by atoms with van der Waals surface area (Å²) in [5.74, 6) is 0. The molecule has 0 spiro atoms. The highest BCUT2D eigenvalue weighted by Crippen LogP contribution is 1.97. The Kier molecular flexibility index (Phi) is 5.52. The first-order valence-electron chi connectivity index (χ1n) is 6.67. The summed E-state index contributed by atoms with van der Waals surface area (Å²) in [6.07, 6.45) is 3.04. The average Bonchev–Trinajstić information content (AvgIpc) is 2.88. The molecule has 0 aliphatic heterocycles. The van der Waals surface area contributed by atoms with Gasteiger partial charge in [-0.15, -0.1) is 5.10 Å². The fraction of sp³-hybridized carbons (Fsp3) is 0.429. The largest absolute Gasteiger partial charge is 0.314 e. The molecule has 0 saturated carbocycles. The fourth-order valence-corrected chi connectivity index (χ4v) is 1.90. The van der Waals surface area contributed by atoms with Crippen molar-refractivity contribution < 1.29 is 0 Å². The molecule has 0 bridgehead atoms. The molecule has 0 amide bonds. The number of aromatic nitrogens is 3. The van der Waals surface area contributed by atoms with Crippen molar-refractivity contribution in [3.63, 3.8) is 0 Å². The van der Waals surface area contributed by atoms with Crippen LogP contribution in [0.4, 0.5) is 0 Å². The zero-order valence-electron chi connectivity index (χ0n) is 11.3. The van der Waals surface area contributed by atoms with E-state index in [1.807, 2.05) is 24.0 Å². The second-order valence-corrected chi connectivity index (χ2v) is 4.52. The van der Waals surface area contributed by atoms with Crippen molar-refractivity contribution in [2.75, 3.05) is 13.6 Å².